The van der Waals surface area contributed by atoms with Gasteiger partial charge in [0.1, 0.15) is 11.1 Å². The summed E-state index contributed by atoms with van der Waals surface area (Å²) in [6.07, 6.45) is 0. The lowest BCUT2D eigenvalue weighted by atomic mass is 9.86. The second-order valence-electron chi connectivity index (χ2n) is 15.5. The Morgan fingerprint density at radius 1 is 0.306 bits per heavy atom. The number of benzene rings is 9. The van der Waals surface area contributed by atoms with E-state index in [2.05, 4.69) is 193 Å². The van der Waals surface area contributed by atoms with Gasteiger partial charge < -0.3 is 4.42 Å². The third kappa shape index (κ3) is 5.82. The smallest absolute Gasteiger partial charge is 0.238 e. The second kappa shape index (κ2) is 14.7. The monoisotopic (exact) mass is 792 g/mol. The quantitative estimate of drug-likeness (QED) is 0.161. The zero-order valence-corrected chi connectivity index (χ0v) is 33.5. The molecule has 0 N–H and O–H groups in total. The standard InChI is InChI=1S/C57H36N4O/c1-3-19-37(20-4-1)39-23-7-8-24-40(39)41-25-9-10-26-42(41)43-27-11-12-28-44(43)45-29-13-14-32-50(45)56-58-55(38-21-5-2-6-22-38)59-57(60-56)61-51-33-17-15-30-46(51)48-35-36-49-47-31-16-18-34-52(47)62-54(49)53(48)61/h1-36H. The summed E-state index contributed by atoms with van der Waals surface area (Å²) < 4.78 is 8.86. The lowest BCUT2D eigenvalue weighted by Gasteiger charge is -2.18. The molecule has 0 amide bonds. The highest BCUT2D eigenvalue weighted by Gasteiger charge is 2.24. The van der Waals surface area contributed by atoms with Crippen molar-refractivity contribution in [3.8, 4) is 73.2 Å². The SMILES string of the molecule is c1ccc(-c2nc(-c3ccccc3-c3ccccc3-c3ccccc3-c3ccccc3-c3ccccc3)nc(-n3c4ccccc4c4ccc5c6ccccc6oc5c43)n2)cc1. The van der Waals surface area contributed by atoms with Crippen LogP contribution in [-0.2, 0) is 0 Å². The second-order valence-corrected chi connectivity index (χ2v) is 15.5. The molecule has 0 aliphatic heterocycles. The third-order valence-corrected chi connectivity index (χ3v) is 11.9. The molecule has 62 heavy (non-hydrogen) atoms. The lowest BCUT2D eigenvalue weighted by Crippen LogP contribution is -2.07. The Hall–Kier alpha value is -8.41. The van der Waals surface area contributed by atoms with Gasteiger partial charge in [-0.3, -0.25) is 4.57 Å². The highest BCUT2D eigenvalue weighted by Crippen LogP contribution is 2.44. The molecule has 5 nitrogen and oxygen atoms in total. The van der Waals surface area contributed by atoms with Crippen LogP contribution in [0.5, 0.6) is 0 Å². The summed E-state index contributed by atoms with van der Waals surface area (Å²) in [5.74, 6) is 1.67. The number of para-hydroxylation sites is 2. The minimum Gasteiger partial charge on any atom is -0.454 e. The predicted molar refractivity (Wildman–Crippen MR) is 254 cm³/mol. The maximum absolute atomic E-state index is 6.70. The van der Waals surface area contributed by atoms with Crippen molar-refractivity contribution >= 4 is 43.7 Å². The number of aromatic nitrogens is 4. The Kier molecular flexibility index (Phi) is 8.42. The summed E-state index contributed by atoms with van der Waals surface area (Å²) in [6.45, 7) is 0. The molecule has 5 heteroatoms. The molecule has 0 fully saturated rings. The third-order valence-electron chi connectivity index (χ3n) is 11.9. The number of furan rings is 1. The van der Waals surface area contributed by atoms with Gasteiger partial charge in [-0.2, -0.15) is 9.97 Å². The van der Waals surface area contributed by atoms with Crippen molar-refractivity contribution in [3.05, 3.63) is 218 Å². The van der Waals surface area contributed by atoms with Crippen LogP contribution in [0.4, 0.5) is 0 Å². The fraction of sp³-hybridized carbons (Fsp3) is 0. The largest absolute Gasteiger partial charge is 0.454 e. The maximum atomic E-state index is 6.70. The Labute approximate surface area is 357 Å². The van der Waals surface area contributed by atoms with Crippen molar-refractivity contribution < 1.29 is 4.42 Å². The topological polar surface area (TPSA) is 56.7 Å². The van der Waals surface area contributed by atoms with E-state index in [-0.39, 0.29) is 0 Å². The molecule has 9 aromatic carbocycles. The number of rotatable bonds is 7. The zero-order valence-electron chi connectivity index (χ0n) is 33.5. The van der Waals surface area contributed by atoms with Crippen LogP contribution < -0.4 is 0 Å². The molecule has 12 rings (SSSR count). The van der Waals surface area contributed by atoms with E-state index in [4.69, 9.17) is 19.4 Å². The van der Waals surface area contributed by atoms with Crippen molar-refractivity contribution in [3.63, 3.8) is 0 Å². The number of nitrogens with zero attached hydrogens (tertiary/aromatic N) is 4. The van der Waals surface area contributed by atoms with E-state index in [1.807, 2.05) is 30.3 Å². The highest BCUT2D eigenvalue weighted by molar-refractivity contribution is 6.21. The lowest BCUT2D eigenvalue weighted by molar-refractivity contribution is 0.670. The summed E-state index contributed by atoms with van der Waals surface area (Å²) in [7, 11) is 0. The zero-order chi connectivity index (χ0) is 41.0. The van der Waals surface area contributed by atoms with Crippen LogP contribution in [-0.4, -0.2) is 19.5 Å². The van der Waals surface area contributed by atoms with Gasteiger partial charge in [-0.05, 0) is 62.7 Å². The van der Waals surface area contributed by atoms with Crippen molar-refractivity contribution in [1.29, 1.82) is 0 Å². The fourth-order valence-corrected chi connectivity index (χ4v) is 9.15. The van der Waals surface area contributed by atoms with Crippen LogP contribution in [0.3, 0.4) is 0 Å². The van der Waals surface area contributed by atoms with Gasteiger partial charge in [-0.1, -0.05) is 200 Å². The van der Waals surface area contributed by atoms with E-state index < -0.39 is 0 Å². The predicted octanol–water partition coefficient (Wildman–Crippen LogP) is 14.9. The summed E-state index contributed by atoms with van der Waals surface area (Å²) in [4.78, 5) is 16.0. The van der Waals surface area contributed by atoms with Crippen molar-refractivity contribution in [2.45, 2.75) is 0 Å². The molecule has 3 aromatic heterocycles. The summed E-state index contributed by atoms with van der Waals surface area (Å²) in [5.41, 5.74) is 14.4. The molecule has 0 saturated carbocycles. The molecule has 290 valence electrons. The first-order valence-electron chi connectivity index (χ1n) is 20.9. The average molecular weight is 793 g/mol. The molecule has 0 saturated heterocycles. The fourth-order valence-electron chi connectivity index (χ4n) is 9.15. The normalized spacial score (nSPS) is 11.5. The van der Waals surface area contributed by atoms with Gasteiger partial charge in [0.15, 0.2) is 17.2 Å². The molecule has 0 atom stereocenters. The van der Waals surface area contributed by atoms with Crippen molar-refractivity contribution in [1.82, 2.24) is 19.5 Å². The van der Waals surface area contributed by atoms with Gasteiger partial charge in [-0.15, -0.1) is 0 Å². The van der Waals surface area contributed by atoms with Gasteiger partial charge in [0.2, 0.25) is 5.95 Å². The molecule has 0 aliphatic rings. The summed E-state index contributed by atoms with van der Waals surface area (Å²) in [6, 6.07) is 76.3. The van der Waals surface area contributed by atoms with Crippen LogP contribution in [0.15, 0.2) is 223 Å². The number of hydrogen-bond donors (Lipinski definition) is 0. The van der Waals surface area contributed by atoms with E-state index >= 15 is 0 Å². The van der Waals surface area contributed by atoms with Gasteiger partial charge in [0.05, 0.1) is 5.52 Å². The first-order valence-corrected chi connectivity index (χ1v) is 20.9. The molecule has 0 bridgehead atoms. The van der Waals surface area contributed by atoms with Crippen LogP contribution in [0, 0.1) is 0 Å². The van der Waals surface area contributed by atoms with Crippen LogP contribution >= 0.6 is 0 Å². The Morgan fingerprint density at radius 2 is 0.758 bits per heavy atom. The Morgan fingerprint density at radius 3 is 1.40 bits per heavy atom. The maximum Gasteiger partial charge on any atom is 0.238 e. The van der Waals surface area contributed by atoms with E-state index in [0.717, 1.165) is 82.7 Å². The summed E-state index contributed by atoms with van der Waals surface area (Å²) >= 11 is 0. The van der Waals surface area contributed by atoms with E-state index in [1.165, 1.54) is 16.7 Å². The molecule has 0 aliphatic carbocycles. The van der Waals surface area contributed by atoms with Crippen LogP contribution in [0.2, 0.25) is 0 Å². The first-order chi connectivity index (χ1) is 30.8. The molecule has 12 aromatic rings. The molecule has 0 radical (unpaired) electrons. The minimum atomic E-state index is 0.513. The summed E-state index contributed by atoms with van der Waals surface area (Å²) in [5, 5.41) is 4.27. The molecule has 0 spiro atoms. The van der Waals surface area contributed by atoms with E-state index in [9.17, 15) is 0 Å². The van der Waals surface area contributed by atoms with E-state index in [1.54, 1.807) is 0 Å². The molecule has 3 heterocycles. The van der Waals surface area contributed by atoms with Gasteiger partial charge in [0, 0.05) is 32.7 Å². The highest BCUT2D eigenvalue weighted by atomic mass is 16.3. The van der Waals surface area contributed by atoms with Gasteiger partial charge in [-0.25, -0.2) is 4.98 Å². The Balaban J connectivity index is 1.09. The number of fused-ring (bicyclic) bond motifs is 7. The Bertz CT molecular complexity index is 3640. The van der Waals surface area contributed by atoms with Gasteiger partial charge >= 0.3 is 0 Å². The first kappa shape index (κ1) is 35.5. The van der Waals surface area contributed by atoms with Crippen LogP contribution in [0.25, 0.3) is 117 Å². The molecular weight excluding hydrogens is 757 g/mol. The number of hydrogen-bond acceptors (Lipinski definition) is 4. The minimum absolute atomic E-state index is 0.513. The van der Waals surface area contributed by atoms with Gasteiger partial charge in [0.25, 0.3) is 0 Å². The van der Waals surface area contributed by atoms with E-state index in [0.29, 0.717) is 17.6 Å². The van der Waals surface area contributed by atoms with Crippen LogP contribution in [0.1, 0.15) is 0 Å². The molecule has 0 unspecified atom stereocenters. The average Bonchev–Trinajstić information content (AvgIpc) is 3.91. The molecular formula is C57H36N4O. The van der Waals surface area contributed by atoms with Crippen molar-refractivity contribution in [2.75, 3.05) is 0 Å². The van der Waals surface area contributed by atoms with Crippen molar-refractivity contribution in [2.24, 2.45) is 0 Å².